The number of nitrogens with one attached hydrogen (secondary N) is 1. The summed E-state index contributed by atoms with van der Waals surface area (Å²) >= 11 is 9.02. The van der Waals surface area contributed by atoms with Crippen LogP contribution in [-0.2, 0) is 0 Å². The van der Waals surface area contributed by atoms with Crippen LogP contribution in [0.1, 0.15) is 6.42 Å². The molecule has 1 aliphatic heterocycles. The smallest absolute Gasteiger partial charge is 0.0364 e. The van der Waals surface area contributed by atoms with Crippen molar-refractivity contribution in [2.75, 3.05) is 6.54 Å². The fourth-order valence-corrected chi connectivity index (χ4v) is 1.39. The Morgan fingerprint density at radius 2 is 2.50 bits per heavy atom. The van der Waals surface area contributed by atoms with E-state index in [2.05, 4.69) is 17.9 Å². The normalized spacial score (nSPS) is 37.6. The van der Waals surface area contributed by atoms with Gasteiger partial charge in [-0.15, -0.1) is 0 Å². The number of hydrogen-bond acceptors (Lipinski definition) is 3. The minimum atomic E-state index is 0.438. The maximum absolute atomic E-state index is 4.74. The van der Waals surface area contributed by atoms with Gasteiger partial charge in [0.1, 0.15) is 0 Å². The molecule has 46 valence electrons. The lowest BCUT2D eigenvalue weighted by molar-refractivity contribution is 0.781. The van der Waals surface area contributed by atoms with Crippen molar-refractivity contribution in [2.24, 2.45) is 0 Å². The Bertz CT molecular complexity index is 94.4. The Hall–Kier alpha value is 0.400. The van der Waals surface area contributed by atoms with Crippen molar-refractivity contribution >= 4 is 30.2 Å². The molecular weight excluding hydrogens is 138 g/mol. The van der Waals surface area contributed by atoms with E-state index >= 15 is 0 Å². The fourth-order valence-electron chi connectivity index (χ4n) is 0.851. The Labute approximate surface area is 60.3 Å². The van der Waals surface area contributed by atoms with Crippen LogP contribution in [0.4, 0.5) is 0 Å². The molecule has 0 radical (unpaired) electrons. The summed E-state index contributed by atoms with van der Waals surface area (Å²) in [6.45, 7) is 1.00. The zero-order chi connectivity index (χ0) is 5.98. The van der Waals surface area contributed by atoms with E-state index in [4.69, 9.17) is 12.2 Å². The van der Waals surface area contributed by atoms with Crippen LogP contribution in [0.25, 0.3) is 0 Å². The van der Waals surface area contributed by atoms with Gasteiger partial charge in [-0.25, -0.2) is 0 Å². The van der Waals surface area contributed by atoms with E-state index in [1.165, 1.54) is 0 Å². The van der Waals surface area contributed by atoms with Crippen molar-refractivity contribution in [3.8, 4) is 0 Å². The summed E-state index contributed by atoms with van der Waals surface area (Å²) in [5.41, 5.74) is 0. The molecular formula is C5H9NS2. The Kier molecular flexibility index (Phi) is 2.28. The van der Waals surface area contributed by atoms with Gasteiger partial charge in [-0.1, -0.05) is 12.2 Å². The van der Waals surface area contributed by atoms with Gasteiger partial charge in [-0.2, -0.15) is 12.6 Å². The van der Waals surface area contributed by atoms with Crippen molar-refractivity contribution in [3.05, 3.63) is 0 Å². The summed E-state index contributed by atoms with van der Waals surface area (Å²) in [7, 11) is 0. The molecule has 8 heavy (non-hydrogen) atoms. The number of thiocarbonyl (C=S) groups is 1. The van der Waals surface area contributed by atoms with Crippen molar-refractivity contribution in [2.45, 2.75) is 17.7 Å². The molecule has 0 amide bonds. The summed E-state index contributed by atoms with van der Waals surface area (Å²) in [6, 6.07) is 0.438. The first-order valence-electron chi connectivity index (χ1n) is 2.69. The molecule has 3 heteroatoms. The SMILES string of the molecule is S=CC1C[C@H](S)CN1. The highest BCUT2D eigenvalue weighted by atomic mass is 32.1. The van der Waals surface area contributed by atoms with Gasteiger partial charge in [0.05, 0.1) is 0 Å². The Morgan fingerprint density at radius 3 is 2.75 bits per heavy atom. The van der Waals surface area contributed by atoms with Crippen LogP contribution in [-0.4, -0.2) is 23.2 Å². The molecule has 1 aliphatic rings. The van der Waals surface area contributed by atoms with E-state index < -0.39 is 0 Å². The molecule has 0 spiro atoms. The van der Waals surface area contributed by atoms with Crippen LogP contribution < -0.4 is 5.32 Å². The quantitative estimate of drug-likeness (QED) is 0.417. The minimum absolute atomic E-state index is 0.438. The largest absolute Gasteiger partial charge is 0.309 e. The molecule has 1 heterocycles. The number of rotatable bonds is 1. The molecule has 0 aromatic carbocycles. The second-order valence-corrected chi connectivity index (χ2v) is 3.04. The van der Waals surface area contributed by atoms with Gasteiger partial charge in [-0.3, -0.25) is 0 Å². The fraction of sp³-hybridized carbons (Fsp3) is 0.800. The van der Waals surface area contributed by atoms with Crippen molar-refractivity contribution in [1.82, 2.24) is 5.32 Å². The predicted octanol–water partition coefficient (Wildman–Crippen LogP) is 0.646. The average molecular weight is 147 g/mol. The van der Waals surface area contributed by atoms with Gasteiger partial charge in [0.2, 0.25) is 0 Å². The summed E-state index contributed by atoms with van der Waals surface area (Å²) in [5.74, 6) is 0. The molecule has 2 atom stereocenters. The first kappa shape index (κ1) is 6.52. The monoisotopic (exact) mass is 147 g/mol. The summed E-state index contributed by atoms with van der Waals surface area (Å²) < 4.78 is 0. The molecule has 0 bridgehead atoms. The zero-order valence-corrected chi connectivity index (χ0v) is 6.21. The molecule has 1 unspecified atom stereocenters. The standard InChI is InChI=1S/C5H9NS2/c7-3-4-1-5(8)2-6-4/h3-6,8H,1-2H2/t4?,5-/m0/s1. The van der Waals surface area contributed by atoms with E-state index in [1.807, 2.05) is 0 Å². The lowest BCUT2D eigenvalue weighted by Gasteiger charge is -1.97. The first-order chi connectivity index (χ1) is 3.83. The molecule has 0 aromatic rings. The van der Waals surface area contributed by atoms with E-state index in [9.17, 15) is 0 Å². The number of thiol groups is 1. The van der Waals surface area contributed by atoms with Crippen LogP contribution >= 0.6 is 24.8 Å². The minimum Gasteiger partial charge on any atom is -0.309 e. The van der Waals surface area contributed by atoms with E-state index in [0.717, 1.165) is 13.0 Å². The van der Waals surface area contributed by atoms with Crippen molar-refractivity contribution < 1.29 is 0 Å². The summed E-state index contributed by atoms with van der Waals surface area (Å²) in [4.78, 5) is 0. The third-order valence-corrected chi connectivity index (χ3v) is 2.03. The van der Waals surface area contributed by atoms with Crippen LogP contribution in [0, 0.1) is 0 Å². The highest BCUT2D eigenvalue weighted by Gasteiger charge is 2.17. The third-order valence-electron chi connectivity index (χ3n) is 1.31. The Morgan fingerprint density at radius 1 is 1.75 bits per heavy atom. The molecule has 0 aromatic heterocycles. The molecule has 0 saturated carbocycles. The highest BCUT2D eigenvalue weighted by Crippen LogP contribution is 2.09. The van der Waals surface area contributed by atoms with Gasteiger partial charge in [-0.05, 0) is 11.8 Å². The lowest BCUT2D eigenvalue weighted by atomic mass is 10.2. The van der Waals surface area contributed by atoms with Crippen LogP contribution in [0.2, 0.25) is 0 Å². The Balaban J connectivity index is 2.32. The molecule has 1 N–H and O–H groups in total. The third kappa shape index (κ3) is 1.44. The summed E-state index contributed by atoms with van der Waals surface area (Å²) in [6.07, 6.45) is 1.09. The molecule has 1 rings (SSSR count). The van der Waals surface area contributed by atoms with Crippen LogP contribution in [0.5, 0.6) is 0 Å². The molecule has 1 fully saturated rings. The van der Waals surface area contributed by atoms with Gasteiger partial charge < -0.3 is 5.32 Å². The highest BCUT2D eigenvalue weighted by molar-refractivity contribution is 7.81. The molecule has 0 aliphatic carbocycles. The van der Waals surface area contributed by atoms with E-state index in [0.29, 0.717) is 11.3 Å². The van der Waals surface area contributed by atoms with Gasteiger partial charge in [0, 0.05) is 17.8 Å². The lowest BCUT2D eigenvalue weighted by Crippen LogP contribution is -2.21. The van der Waals surface area contributed by atoms with E-state index in [1.54, 1.807) is 5.37 Å². The molecule has 1 saturated heterocycles. The predicted molar refractivity (Wildman–Crippen MR) is 42.8 cm³/mol. The topological polar surface area (TPSA) is 12.0 Å². The maximum Gasteiger partial charge on any atom is 0.0364 e. The second kappa shape index (κ2) is 2.80. The van der Waals surface area contributed by atoms with Crippen molar-refractivity contribution in [3.63, 3.8) is 0 Å². The van der Waals surface area contributed by atoms with E-state index in [-0.39, 0.29) is 0 Å². The van der Waals surface area contributed by atoms with Gasteiger partial charge in [0.25, 0.3) is 0 Å². The molecule has 1 nitrogen and oxygen atoms in total. The van der Waals surface area contributed by atoms with Gasteiger partial charge in [0.15, 0.2) is 0 Å². The average Bonchev–Trinajstić information content (AvgIpc) is 2.14. The van der Waals surface area contributed by atoms with Crippen LogP contribution in [0.15, 0.2) is 0 Å². The summed E-state index contributed by atoms with van der Waals surface area (Å²) in [5, 5.41) is 5.51. The van der Waals surface area contributed by atoms with Crippen molar-refractivity contribution in [1.29, 1.82) is 0 Å². The zero-order valence-electron chi connectivity index (χ0n) is 4.50. The van der Waals surface area contributed by atoms with Gasteiger partial charge >= 0.3 is 0 Å². The van der Waals surface area contributed by atoms with Crippen LogP contribution in [0.3, 0.4) is 0 Å². The first-order valence-corrected chi connectivity index (χ1v) is 3.68. The second-order valence-electron chi connectivity index (χ2n) is 2.04. The maximum atomic E-state index is 4.74. The number of hydrogen-bond donors (Lipinski definition) is 2.